The van der Waals surface area contributed by atoms with Gasteiger partial charge in [0.05, 0.1) is 11.4 Å². The molecule has 2 aromatic heterocycles. The molecule has 4 heterocycles. The number of H-pyrrole nitrogens is 1. The van der Waals surface area contributed by atoms with E-state index in [9.17, 15) is 0 Å². The fraction of sp³-hybridized carbons (Fsp3) is 0.400. The van der Waals surface area contributed by atoms with E-state index in [4.69, 9.17) is 14.5 Å². The monoisotopic (exact) mass is 429 g/mol. The minimum Gasteiger partial charge on any atom is -0.486 e. The minimum atomic E-state index is 0.420. The first-order chi connectivity index (χ1) is 15.7. The zero-order valence-electron chi connectivity index (χ0n) is 18.5. The van der Waals surface area contributed by atoms with Gasteiger partial charge in [0, 0.05) is 42.2 Å². The van der Waals surface area contributed by atoms with Crippen molar-refractivity contribution in [1.29, 1.82) is 0 Å². The third-order valence-electron chi connectivity index (χ3n) is 6.68. The first-order valence-corrected chi connectivity index (χ1v) is 11.4. The number of rotatable bonds is 3. The van der Waals surface area contributed by atoms with Gasteiger partial charge in [0.2, 0.25) is 0 Å². The van der Waals surface area contributed by atoms with Crippen LogP contribution in [0.1, 0.15) is 48.5 Å². The summed E-state index contributed by atoms with van der Waals surface area (Å²) < 4.78 is 11.4. The van der Waals surface area contributed by atoms with Crippen molar-refractivity contribution in [1.82, 2.24) is 19.9 Å². The minimum absolute atomic E-state index is 0.420. The molecule has 0 atom stereocenters. The van der Waals surface area contributed by atoms with Crippen LogP contribution in [-0.4, -0.2) is 46.2 Å². The first kappa shape index (κ1) is 19.3. The Kier molecular flexibility index (Phi) is 4.63. The van der Waals surface area contributed by atoms with Crippen LogP contribution in [0.2, 0.25) is 0 Å². The zero-order valence-corrected chi connectivity index (χ0v) is 18.5. The SMILES string of the molecule is CC1=Cc2c(ncnc2N2CCC(c3nc(-c4ccc5c(c4)OCCO5)c(C)[nH]3)CC2)C1. The summed E-state index contributed by atoms with van der Waals surface area (Å²) in [7, 11) is 0. The predicted octanol–water partition coefficient (Wildman–Crippen LogP) is 4.29. The molecule has 0 bridgehead atoms. The fourth-order valence-electron chi connectivity index (χ4n) is 5.04. The van der Waals surface area contributed by atoms with E-state index in [0.717, 1.165) is 78.1 Å². The number of aryl methyl sites for hydroxylation is 1. The van der Waals surface area contributed by atoms with Crippen molar-refractivity contribution in [3.05, 3.63) is 52.9 Å². The molecule has 3 aliphatic rings. The van der Waals surface area contributed by atoms with Crippen molar-refractivity contribution in [2.24, 2.45) is 0 Å². The lowest BCUT2D eigenvalue weighted by molar-refractivity contribution is 0.171. The summed E-state index contributed by atoms with van der Waals surface area (Å²) in [6.45, 7) is 7.39. The number of hydrogen-bond acceptors (Lipinski definition) is 6. The van der Waals surface area contributed by atoms with Gasteiger partial charge in [0.25, 0.3) is 0 Å². The molecule has 7 heteroatoms. The molecule has 164 valence electrons. The molecule has 1 N–H and O–H groups in total. The highest BCUT2D eigenvalue weighted by atomic mass is 16.6. The number of benzene rings is 1. The van der Waals surface area contributed by atoms with E-state index in [-0.39, 0.29) is 0 Å². The van der Waals surface area contributed by atoms with Crippen molar-refractivity contribution in [2.45, 2.75) is 39.0 Å². The Bertz CT molecular complexity index is 1210. The average molecular weight is 430 g/mol. The van der Waals surface area contributed by atoms with E-state index >= 15 is 0 Å². The second-order valence-electron chi connectivity index (χ2n) is 8.94. The van der Waals surface area contributed by atoms with Crippen molar-refractivity contribution >= 4 is 11.9 Å². The molecule has 1 fully saturated rings. The molecule has 7 nitrogen and oxygen atoms in total. The summed E-state index contributed by atoms with van der Waals surface area (Å²) in [6.07, 6.45) is 6.99. The van der Waals surface area contributed by atoms with Crippen LogP contribution in [0.15, 0.2) is 30.1 Å². The molecular formula is C25H27N5O2. The van der Waals surface area contributed by atoms with Crippen LogP contribution in [0.3, 0.4) is 0 Å². The number of nitrogens with zero attached hydrogens (tertiary/aromatic N) is 4. The molecule has 2 aliphatic heterocycles. The maximum absolute atomic E-state index is 5.76. The number of anilines is 1. The van der Waals surface area contributed by atoms with E-state index < -0.39 is 0 Å². The molecule has 0 unspecified atom stereocenters. The number of allylic oxidation sites excluding steroid dienone is 1. The molecule has 0 amide bonds. The number of piperidine rings is 1. The van der Waals surface area contributed by atoms with Gasteiger partial charge in [-0.1, -0.05) is 11.6 Å². The first-order valence-electron chi connectivity index (χ1n) is 11.4. The van der Waals surface area contributed by atoms with Crippen LogP contribution >= 0.6 is 0 Å². The van der Waals surface area contributed by atoms with E-state index in [2.05, 4.69) is 45.8 Å². The maximum atomic E-state index is 5.76. The quantitative estimate of drug-likeness (QED) is 0.669. The highest BCUT2D eigenvalue weighted by molar-refractivity contribution is 5.72. The number of hydrogen-bond donors (Lipinski definition) is 1. The summed E-state index contributed by atoms with van der Waals surface area (Å²) in [5.74, 6) is 4.19. The summed E-state index contributed by atoms with van der Waals surface area (Å²) in [4.78, 5) is 20.1. The maximum Gasteiger partial charge on any atom is 0.162 e. The Labute approximate surface area is 187 Å². The Balaban J connectivity index is 1.20. The molecule has 1 aliphatic carbocycles. The summed E-state index contributed by atoms with van der Waals surface area (Å²) in [5, 5.41) is 0. The lowest BCUT2D eigenvalue weighted by atomic mass is 9.96. The lowest BCUT2D eigenvalue weighted by Crippen LogP contribution is -2.34. The third-order valence-corrected chi connectivity index (χ3v) is 6.68. The second-order valence-corrected chi connectivity index (χ2v) is 8.94. The molecule has 1 saturated heterocycles. The van der Waals surface area contributed by atoms with Gasteiger partial charge in [-0.2, -0.15) is 0 Å². The van der Waals surface area contributed by atoms with Crippen molar-refractivity contribution in [3.63, 3.8) is 0 Å². The van der Waals surface area contributed by atoms with Crippen LogP contribution in [0.25, 0.3) is 17.3 Å². The van der Waals surface area contributed by atoms with Gasteiger partial charge in [-0.15, -0.1) is 0 Å². The van der Waals surface area contributed by atoms with Gasteiger partial charge >= 0.3 is 0 Å². The Hall–Kier alpha value is -3.35. The molecule has 0 radical (unpaired) electrons. The van der Waals surface area contributed by atoms with E-state index in [1.807, 2.05) is 12.1 Å². The number of fused-ring (bicyclic) bond motifs is 2. The lowest BCUT2D eigenvalue weighted by Gasteiger charge is -2.32. The summed E-state index contributed by atoms with van der Waals surface area (Å²) in [6, 6.07) is 6.08. The molecule has 3 aromatic rings. The molecule has 6 rings (SSSR count). The molecule has 0 spiro atoms. The standard InChI is InChI=1S/C25H27N5O2/c1-15-11-19-20(12-15)26-14-27-25(19)30-7-5-17(6-8-30)24-28-16(2)23(29-24)18-3-4-21-22(13-18)32-10-9-31-21/h3-4,11,13-14,17H,5-10,12H2,1-2H3,(H,28,29). The number of imidazole rings is 1. The van der Waals surface area contributed by atoms with E-state index in [0.29, 0.717) is 19.1 Å². The summed E-state index contributed by atoms with van der Waals surface area (Å²) in [5.41, 5.74) is 6.86. The highest BCUT2D eigenvalue weighted by Crippen LogP contribution is 2.37. The van der Waals surface area contributed by atoms with Crippen LogP contribution in [0.5, 0.6) is 11.5 Å². The smallest absolute Gasteiger partial charge is 0.162 e. The third kappa shape index (κ3) is 3.32. The van der Waals surface area contributed by atoms with E-state index in [1.165, 1.54) is 11.1 Å². The zero-order chi connectivity index (χ0) is 21.7. The Morgan fingerprint density at radius 2 is 1.84 bits per heavy atom. The topological polar surface area (TPSA) is 76.2 Å². The van der Waals surface area contributed by atoms with Gasteiger partial charge < -0.3 is 19.4 Å². The largest absolute Gasteiger partial charge is 0.486 e. The van der Waals surface area contributed by atoms with Crippen LogP contribution in [-0.2, 0) is 6.42 Å². The molecule has 32 heavy (non-hydrogen) atoms. The van der Waals surface area contributed by atoms with Gasteiger partial charge in [0.1, 0.15) is 31.2 Å². The molecule has 0 saturated carbocycles. The number of nitrogens with one attached hydrogen (secondary N) is 1. The number of ether oxygens (including phenoxy) is 2. The van der Waals surface area contributed by atoms with Gasteiger partial charge in [-0.25, -0.2) is 15.0 Å². The molecular weight excluding hydrogens is 402 g/mol. The highest BCUT2D eigenvalue weighted by Gasteiger charge is 2.27. The number of aromatic nitrogens is 4. The van der Waals surface area contributed by atoms with Gasteiger partial charge in [0.15, 0.2) is 11.5 Å². The Morgan fingerprint density at radius 1 is 1.03 bits per heavy atom. The molecule has 1 aromatic carbocycles. The van der Waals surface area contributed by atoms with Crippen LogP contribution in [0, 0.1) is 6.92 Å². The second kappa shape index (κ2) is 7.65. The van der Waals surface area contributed by atoms with Crippen molar-refractivity contribution < 1.29 is 9.47 Å². The van der Waals surface area contributed by atoms with Crippen molar-refractivity contribution in [2.75, 3.05) is 31.2 Å². The summed E-state index contributed by atoms with van der Waals surface area (Å²) >= 11 is 0. The van der Waals surface area contributed by atoms with Crippen molar-refractivity contribution in [3.8, 4) is 22.8 Å². The van der Waals surface area contributed by atoms with Crippen LogP contribution < -0.4 is 14.4 Å². The fourth-order valence-corrected chi connectivity index (χ4v) is 5.04. The van der Waals surface area contributed by atoms with Crippen LogP contribution in [0.4, 0.5) is 5.82 Å². The predicted molar refractivity (Wildman–Crippen MR) is 123 cm³/mol. The number of aromatic amines is 1. The van der Waals surface area contributed by atoms with Gasteiger partial charge in [-0.05, 0) is 44.9 Å². The normalized spacial score (nSPS) is 17.9. The van der Waals surface area contributed by atoms with E-state index in [1.54, 1.807) is 6.33 Å². The Morgan fingerprint density at radius 3 is 2.69 bits per heavy atom. The average Bonchev–Trinajstić information content (AvgIpc) is 3.40. The van der Waals surface area contributed by atoms with Gasteiger partial charge in [-0.3, -0.25) is 0 Å².